The van der Waals surface area contributed by atoms with Crippen molar-refractivity contribution in [3.05, 3.63) is 64.3 Å². The molecule has 1 aromatic carbocycles. The molecular formula is C28H35N5O. The number of rotatable bonds is 6. The van der Waals surface area contributed by atoms with Crippen LogP contribution in [0.2, 0.25) is 0 Å². The van der Waals surface area contributed by atoms with Gasteiger partial charge in [0.1, 0.15) is 0 Å². The molecule has 0 atom stereocenters. The molecule has 34 heavy (non-hydrogen) atoms. The van der Waals surface area contributed by atoms with Crippen LogP contribution in [0.1, 0.15) is 61.0 Å². The summed E-state index contributed by atoms with van der Waals surface area (Å²) in [7, 11) is 1.82. The fraction of sp³-hybridized carbons (Fsp3) is 0.464. The van der Waals surface area contributed by atoms with E-state index in [1.165, 1.54) is 33.3 Å². The molecule has 178 valence electrons. The van der Waals surface area contributed by atoms with Gasteiger partial charge in [-0.3, -0.25) is 14.6 Å². The minimum Gasteiger partial charge on any atom is -0.354 e. The number of pyridine rings is 1. The summed E-state index contributed by atoms with van der Waals surface area (Å²) < 4.78 is 0. The van der Waals surface area contributed by atoms with E-state index < -0.39 is 0 Å². The summed E-state index contributed by atoms with van der Waals surface area (Å²) in [6.45, 7) is 17.7. The summed E-state index contributed by atoms with van der Waals surface area (Å²) in [6, 6.07) is 11.2. The number of aryl methyl sites for hydroxylation is 2. The third-order valence-electron chi connectivity index (χ3n) is 6.85. The van der Waals surface area contributed by atoms with Crippen molar-refractivity contribution in [1.29, 1.82) is 0 Å². The number of hydrogen-bond acceptors (Lipinski definition) is 3. The molecule has 1 saturated heterocycles. The van der Waals surface area contributed by atoms with Gasteiger partial charge in [0.25, 0.3) is 6.67 Å². The molecule has 2 aromatic heterocycles. The Labute approximate surface area is 202 Å². The van der Waals surface area contributed by atoms with Crippen molar-refractivity contribution in [2.45, 2.75) is 52.4 Å². The number of piperidine rings is 1. The lowest BCUT2D eigenvalue weighted by Gasteiger charge is -2.33. The van der Waals surface area contributed by atoms with Crippen molar-refractivity contribution in [3.8, 4) is 11.3 Å². The number of carbonyl (C=O) groups is 1. The average molecular weight is 458 g/mol. The maximum atomic E-state index is 12.6. The predicted octanol–water partition coefficient (Wildman–Crippen LogP) is 5.48. The first kappa shape index (κ1) is 24.0. The number of nitrogens with one attached hydrogen (secondary N) is 1. The summed E-state index contributed by atoms with van der Waals surface area (Å²) >= 11 is 0. The van der Waals surface area contributed by atoms with Crippen LogP contribution in [0.3, 0.4) is 0 Å². The van der Waals surface area contributed by atoms with E-state index >= 15 is 0 Å². The van der Waals surface area contributed by atoms with Crippen molar-refractivity contribution in [2.75, 3.05) is 33.4 Å². The van der Waals surface area contributed by atoms with E-state index in [-0.39, 0.29) is 12.6 Å². The zero-order chi connectivity index (χ0) is 24.4. The maximum absolute atomic E-state index is 12.6. The molecule has 4 rings (SSSR count). The van der Waals surface area contributed by atoms with Crippen molar-refractivity contribution < 1.29 is 4.79 Å². The molecule has 0 bridgehead atoms. The van der Waals surface area contributed by atoms with E-state index in [0.29, 0.717) is 18.4 Å². The fourth-order valence-electron chi connectivity index (χ4n) is 5.25. The second-order valence-corrected chi connectivity index (χ2v) is 9.98. The second kappa shape index (κ2) is 9.99. The van der Waals surface area contributed by atoms with Gasteiger partial charge in [-0.25, -0.2) is 11.5 Å². The van der Waals surface area contributed by atoms with Gasteiger partial charge in [0, 0.05) is 40.9 Å². The van der Waals surface area contributed by atoms with Crippen molar-refractivity contribution in [3.63, 3.8) is 0 Å². The first-order valence-corrected chi connectivity index (χ1v) is 12.2. The molecule has 1 fully saturated rings. The summed E-state index contributed by atoms with van der Waals surface area (Å²) in [5.41, 5.74) is 8.35. The molecule has 6 nitrogen and oxygen atoms in total. The molecule has 1 aliphatic heterocycles. The van der Waals surface area contributed by atoms with Gasteiger partial charge in [-0.1, -0.05) is 19.9 Å². The van der Waals surface area contributed by atoms with Crippen LogP contribution in [0.4, 0.5) is 0 Å². The molecule has 0 unspecified atom stereocenters. The first-order valence-electron chi connectivity index (χ1n) is 12.2. The second-order valence-electron chi connectivity index (χ2n) is 9.98. The van der Waals surface area contributed by atoms with Crippen LogP contribution in [-0.2, 0) is 4.79 Å². The van der Waals surface area contributed by atoms with Gasteiger partial charge < -0.3 is 9.88 Å². The molecule has 0 spiro atoms. The van der Waals surface area contributed by atoms with Crippen LogP contribution in [0.25, 0.3) is 27.0 Å². The Hall–Kier alpha value is -3.17. The Balaban J connectivity index is 1.57. The van der Waals surface area contributed by atoms with E-state index in [4.69, 9.17) is 6.57 Å². The Bertz CT molecular complexity index is 1210. The van der Waals surface area contributed by atoms with Gasteiger partial charge in [0.15, 0.2) is 0 Å². The number of likely N-dealkylation sites (tertiary alicyclic amines) is 1. The van der Waals surface area contributed by atoms with Gasteiger partial charge in [0.2, 0.25) is 5.91 Å². The number of carbonyl (C=O) groups excluding carboxylic acids is 1. The Morgan fingerprint density at radius 3 is 2.50 bits per heavy atom. The number of nitrogens with zero attached hydrogens (tertiary/aromatic N) is 4. The first-order chi connectivity index (χ1) is 16.3. The number of likely N-dealkylation sites (N-methyl/N-ethyl adjacent to an activating group) is 1. The molecule has 3 heterocycles. The molecular weight excluding hydrogens is 422 g/mol. The Morgan fingerprint density at radius 2 is 1.88 bits per heavy atom. The maximum Gasteiger partial charge on any atom is 0.270 e. The lowest BCUT2D eigenvalue weighted by molar-refractivity contribution is -0.133. The fourth-order valence-corrected chi connectivity index (χ4v) is 5.25. The molecule has 1 amide bonds. The summed E-state index contributed by atoms with van der Waals surface area (Å²) in [4.78, 5) is 27.9. The van der Waals surface area contributed by atoms with Crippen molar-refractivity contribution in [1.82, 2.24) is 19.8 Å². The number of fused-ring (bicyclic) bond motifs is 1. The quantitative estimate of drug-likeness (QED) is 0.498. The number of H-pyrrole nitrogens is 1. The SMILES string of the molecule is [C-]#[N+]CN(C)CC(=O)N1CCC(c2ccc3[nH]c(-c4cc(C)nc(C)c4)c(C(C)C)c3c2)CC1. The highest BCUT2D eigenvalue weighted by molar-refractivity contribution is 5.92. The monoisotopic (exact) mass is 457 g/mol. The molecule has 0 saturated carbocycles. The highest BCUT2D eigenvalue weighted by Gasteiger charge is 2.26. The van der Waals surface area contributed by atoms with E-state index in [0.717, 1.165) is 37.3 Å². The minimum absolute atomic E-state index is 0.125. The average Bonchev–Trinajstić information content (AvgIpc) is 3.18. The number of aromatic amines is 1. The number of aromatic nitrogens is 2. The van der Waals surface area contributed by atoms with Gasteiger partial charge in [-0.15, -0.1) is 0 Å². The largest absolute Gasteiger partial charge is 0.354 e. The predicted molar refractivity (Wildman–Crippen MR) is 138 cm³/mol. The van der Waals surface area contributed by atoms with Crippen LogP contribution in [0.5, 0.6) is 0 Å². The van der Waals surface area contributed by atoms with Gasteiger partial charge in [-0.2, -0.15) is 0 Å². The highest BCUT2D eigenvalue weighted by atomic mass is 16.2. The Morgan fingerprint density at radius 1 is 1.21 bits per heavy atom. The van der Waals surface area contributed by atoms with Crippen LogP contribution in [0.15, 0.2) is 30.3 Å². The molecule has 3 aromatic rings. The number of hydrogen-bond donors (Lipinski definition) is 1. The molecule has 6 heteroatoms. The summed E-state index contributed by atoms with van der Waals surface area (Å²) in [5, 5.41) is 1.30. The molecule has 0 aliphatic carbocycles. The minimum atomic E-state index is 0.125. The topological polar surface area (TPSA) is 56.6 Å². The van der Waals surface area contributed by atoms with E-state index in [1.54, 1.807) is 4.90 Å². The smallest absolute Gasteiger partial charge is 0.270 e. The third-order valence-corrected chi connectivity index (χ3v) is 6.85. The van der Waals surface area contributed by atoms with Gasteiger partial charge in [0.05, 0.1) is 12.2 Å². The van der Waals surface area contributed by atoms with E-state index in [2.05, 4.69) is 59.0 Å². The van der Waals surface area contributed by atoms with Gasteiger partial charge >= 0.3 is 0 Å². The van der Waals surface area contributed by atoms with Gasteiger partial charge in [-0.05, 0) is 81.0 Å². The zero-order valence-corrected chi connectivity index (χ0v) is 21.0. The standard InChI is InChI=1S/C28H35N5O/c1-18(2)27-24-15-22(21-9-11-33(12-10-21)26(34)16-32(6)17-29-5)7-8-25(24)31-28(27)23-13-19(3)30-20(4)14-23/h7-8,13-15,18,21,31H,9-12,16-17H2,1-4,6H3. The van der Waals surface area contributed by atoms with E-state index in [1.807, 2.05) is 25.8 Å². The normalized spacial score (nSPS) is 14.8. The van der Waals surface area contributed by atoms with Crippen LogP contribution in [-0.4, -0.2) is 59.0 Å². The van der Waals surface area contributed by atoms with Crippen molar-refractivity contribution >= 4 is 16.8 Å². The molecule has 1 aliphatic rings. The lowest BCUT2D eigenvalue weighted by Crippen LogP contribution is -2.43. The van der Waals surface area contributed by atoms with Crippen LogP contribution in [0, 0.1) is 20.4 Å². The zero-order valence-electron chi connectivity index (χ0n) is 21.0. The molecule has 0 radical (unpaired) electrons. The number of amides is 1. The Kier molecular flexibility index (Phi) is 7.04. The van der Waals surface area contributed by atoms with Crippen molar-refractivity contribution in [2.24, 2.45) is 0 Å². The van der Waals surface area contributed by atoms with Crippen LogP contribution >= 0.6 is 0 Å². The third kappa shape index (κ3) is 5.00. The molecule has 1 N–H and O–H groups in total. The summed E-state index contributed by atoms with van der Waals surface area (Å²) in [6.07, 6.45) is 1.95. The lowest BCUT2D eigenvalue weighted by atomic mass is 9.87. The highest BCUT2D eigenvalue weighted by Crippen LogP contribution is 2.38. The summed E-state index contributed by atoms with van der Waals surface area (Å²) in [5.74, 6) is 0.971. The van der Waals surface area contributed by atoms with E-state index in [9.17, 15) is 4.79 Å². The number of benzene rings is 1. The van der Waals surface area contributed by atoms with Crippen LogP contribution < -0.4 is 0 Å².